The van der Waals surface area contributed by atoms with E-state index in [1.165, 1.54) is 5.56 Å². The number of hydrogen-bond acceptors (Lipinski definition) is 4. The summed E-state index contributed by atoms with van der Waals surface area (Å²) in [6, 6.07) is 10.6. The molecule has 116 valence electrons. The second-order valence-corrected chi connectivity index (χ2v) is 6.59. The number of amides is 1. The zero-order valence-corrected chi connectivity index (χ0v) is 13.2. The summed E-state index contributed by atoms with van der Waals surface area (Å²) in [6.07, 6.45) is 5.43. The van der Waals surface area contributed by atoms with E-state index in [0.29, 0.717) is 18.2 Å². The quantitative estimate of drug-likeness (QED) is 0.797. The second kappa shape index (κ2) is 6.92. The Labute approximate surface area is 134 Å². The molecule has 4 nitrogen and oxygen atoms in total. The highest BCUT2D eigenvalue weighted by atomic mass is 32.2. The lowest BCUT2D eigenvalue weighted by atomic mass is 9.93. The number of carbonyl (C=O) groups excluding carboxylic acids is 1. The van der Waals surface area contributed by atoms with Gasteiger partial charge in [-0.05, 0) is 31.0 Å². The number of hydrogen-bond donors (Lipinski definition) is 2. The molecule has 1 heterocycles. The van der Waals surface area contributed by atoms with Crippen LogP contribution in [0.5, 0.6) is 0 Å². The maximum atomic E-state index is 10.9. The molecule has 1 amide bonds. The summed E-state index contributed by atoms with van der Waals surface area (Å²) in [5.41, 5.74) is 7.58. The third-order valence-corrected chi connectivity index (χ3v) is 4.95. The number of nitrogens with two attached hydrogens (primary N) is 1. The van der Waals surface area contributed by atoms with E-state index in [9.17, 15) is 4.79 Å². The van der Waals surface area contributed by atoms with Crippen LogP contribution in [0.3, 0.4) is 0 Å². The third-order valence-electron chi connectivity index (χ3n) is 3.87. The van der Waals surface area contributed by atoms with Gasteiger partial charge in [-0.3, -0.25) is 4.79 Å². The first kappa shape index (κ1) is 15.0. The number of aryl methyl sites for hydroxylation is 1. The topological polar surface area (TPSA) is 68.3 Å². The fourth-order valence-corrected chi connectivity index (χ4v) is 3.78. The van der Waals surface area contributed by atoms with Crippen LogP contribution in [0.25, 0.3) is 0 Å². The highest BCUT2D eigenvalue weighted by molar-refractivity contribution is 7.99. The van der Waals surface area contributed by atoms with Crippen LogP contribution in [-0.2, 0) is 11.2 Å². The van der Waals surface area contributed by atoms with Crippen molar-refractivity contribution in [3.05, 3.63) is 47.9 Å². The Hall–Kier alpha value is -1.88. The molecule has 0 saturated heterocycles. The fraction of sp³-hybridized carbons (Fsp3) is 0.353. The highest BCUT2D eigenvalue weighted by Crippen LogP contribution is 2.36. The molecule has 0 saturated carbocycles. The monoisotopic (exact) mass is 316 g/mol. The Balaban J connectivity index is 1.72. The molecule has 2 aromatic rings. The van der Waals surface area contributed by atoms with Crippen LogP contribution >= 0.6 is 11.8 Å². The van der Waals surface area contributed by atoms with E-state index < -0.39 is 0 Å². The van der Waals surface area contributed by atoms with Gasteiger partial charge in [0.15, 0.2) is 0 Å². The van der Waals surface area contributed by atoms with Crippen molar-refractivity contribution in [3.8, 4) is 0 Å². The summed E-state index contributed by atoms with van der Waals surface area (Å²) in [6.45, 7) is 0. The Kier molecular flexibility index (Phi) is 4.73. The summed E-state index contributed by atoms with van der Waals surface area (Å²) in [5, 5.41) is 3.63. The SMILES string of the molecule is NC(=O)CCSc1ccccc1NC1CCCc2occc21. The summed E-state index contributed by atoms with van der Waals surface area (Å²) in [5.74, 6) is 1.55. The van der Waals surface area contributed by atoms with Crippen LogP contribution in [0.2, 0.25) is 0 Å². The standard InChI is InChI=1S/C17H20N2O2S/c18-17(20)9-11-22-16-7-2-1-4-14(16)19-13-5-3-6-15-12(13)8-10-21-15/h1-2,4,7-8,10,13,19H,3,5-6,9,11H2,(H2,18,20). The number of benzene rings is 1. The second-order valence-electron chi connectivity index (χ2n) is 5.45. The molecule has 1 atom stereocenters. The van der Waals surface area contributed by atoms with E-state index in [0.717, 1.165) is 35.6 Å². The number of furan rings is 1. The Morgan fingerprint density at radius 1 is 1.36 bits per heavy atom. The minimum Gasteiger partial charge on any atom is -0.469 e. The molecule has 0 spiro atoms. The van der Waals surface area contributed by atoms with Crippen molar-refractivity contribution in [2.24, 2.45) is 5.73 Å². The molecule has 0 fully saturated rings. The molecular weight excluding hydrogens is 296 g/mol. The Morgan fingerprint density at radius 3 is 3.09 bits per heavy atom. The molecule has 3 N–H and O–H groups in total. The van der Waals surface area contributed by atoms with Gasteiger partial charge >= 0.3 is 0 Å². The summed E-state index contributed by atoms with van der Waals surface area (Å²) in [4.78, 5) is 12.0. The van der Waals surface area contributed by atoms with Crippen LogP contribution in [0.1, 0.15) is 36.6 Å². The van der Waals surface area contributed by atoms with Gasteiger partial charge in [0.2, 0.25) is 5.91 Å². The maximum absolute atomic E-state index is 10.9. The largest absolute Gasteiger partial charge is 0.469 e. The van der Waals surface area contributed by atoms with Crippen molar-refractivity contribution in [1.29, 1.82) is 0 Å². The molecule has 1 aromatic carbocycles. The van der Waals surface area contributed by atoms with Gasteiger partial charge in [0.05, 0.1) is 12.3 Å². The molecule has 0 aliphatic heterocycles. The predicted octanol–water partition coefficient (Wildman–Crippen LogP) is 3.74. The lowest BCUT2D eigenvalue weighted by Crippen LogP contribution is -2.16. The van der Waals surface area contributed by atoms with Gasteiger partial charge < -0.3 is 15.5 Å². The number of fused-ring (bicyclic) bond motifs is 1. The molecule has 3 rings (SSSR count). The van der Waals surface area contributed by atoms with Crippen molar-refractivity contribution in [3.63, 3.8) is 0 Å². The molecule has 1 aliphatic carbocycles. The van der Waals surface area contributed by atoms with Gasteiger partial charge in [-0.2, -0.15) is 0 Å². The van der Waals surface area contributed by atoms with Crippen LogP contribution in [-0.4, -0.2) is 11.7 Å². The Morgan fingerprint density at radius 2 is 2.23 bits per heavy atom. The number of carbonyl (C=O) groups is 1. The highest BCUT2D eigenvalue weighted by Gasteiger charge is 2.23. The van der Waals surface area contributed by atoms with Gasteiger partial charge in [-0.1, -0.05) is 12.1 Å². The van der Waals surface area contributed by atoms with Gasteiger partial charge in [0.25, 0.3) is 0 Å². The van der Waals surface area contributed by atoms with Crippen molar-refractivity contribution in [1.82, 2.24) is 0 Å². The van der Waals surface area contributed by atoms with Crippen LogP contribution in [0.4, 0.5) is 5.69 Å². The van der Waals surface area contributed by atoms with Gasteiger partial charge in [-0.25, -0.2) is 0 Å². The minimum absolute atomic E-state index is 0.256. The average Bonchev–Trinajstić information content (AvgIpc) is 2.98. The molecule has 1 unspecified atom stereocenters. The smallest absolute Gasteiger partial charge is 0.218 e. The molecule has 0 radical (unpaired) electrons. The lowest BCUT2D eigenvalue weighted by Gasteiger charge is -2.25. The van der Waals surface area contributed by atoms with Crippen molar-refractivity contribution >= 4 is 23.4 Å². The van der Waals surface area contributed by atoms with E-state index in [2.05, 4.69) is 23.5 Å². The zero-order valence-electron chi connectivity index (χ0n) is 12.4. The van der Waals surface area contributed by atoms with E-state index in [1.807, 2.05) is 12.1 Å². The number of rotatable bonds is 6. The first-order valence-electron chi connectivity index (χ1n) is 7.57. The van der Waals surface area contributed by atoms with Crippen molar-refractivity contribution < 1.29 is 9.21 Å². The predicted molar refractivity (Wildman–Crippen MR) is 89.0 cm³/mol. The molecule has 1 aliphatic rings. The Bertz CT molecular complexity index is 654. The normalized spacial score (nSPS) is 17.0. The van der Waals surface area contributed by atoms with Crippen molar-refractivity contribution in [2.45, 2.75) is 36.6 Å². The van der Waals surface area contributed by atoms with Crippen molar-refractivity contribution in [2.75, 3.05) is 11.1 Å². The molecule has 5 heteroatoms. The van der Waals surface area contributed by atoms with Gasteiger partial charge in [0.1, 0.15) is 5.76 Å². The minimum atomic E-state index is -0.256. The van der Waals surface area contributed by atoms with E-state index in [-0.39, 0.29) is 5.91 Å². The lowest BCUT2D eigenvalue weighted by molar-refractivity contribution is -0.117. The number of primary amides is 1. The molecule has 1 aromatic heterocycles. The molecular formula is C17H20N2O2S. The molecule has 22 heavy (non-hydrogen) atoms. The van der Waals surface area contributed by atoms with E-state index in [4.69, 9.17) is 10.2 Å². The first-order valence-corrected chi connectivity index (χ1v) is 8.55. The van der Waals surface area contributed by atoms with E-state index >= 15 is 0 Å². The number of anilines is 1. The molecule has 0 bridgehead atoms. The van der Waals surface area contributed by atoms with Gasteiger partial charge in [-0.15, -0.1) is 11.8 Å². The summed E-state index contributed by atoms with van der Waals surface area (Å²) in [7, 11) is 0. The number of nitrogens with one attached hydrogen (secondary N) is 1. The van der Waals surface area contributed by atoms with Crippen LogP contribution in [0, 0.1) is 0 Å². The summed E-state index contributed by atoms with van der Waals surface area (Å²) >= 11 is 1.66. The first-order chi connectivity index (χ1) is 10.7. The maximum Gasteiger partial charge on any atom is 0.218 e. The van der Waals surface area contributed by atoms with E-state index in [1.54, 1.807) is 18.0 Å². The number of para-hydroxylation sites is 1. The van der Waals surface area contributed by atoms with Gasteiger partial charge in [0, 0.05) is 34.7 Å². The number of thioether (sulfide) groups is 1. The third kappa shape index (κ3) is 3.47. The average molecular weight is 316 g/mol. The fourth-order valence-electron chi connectivity index (χ4n) is 2.80. The van der Waals surface area contributed by atoms with Crippen LogP contribution in [0.15, 0.2) is 45.9 Å². The zero-order chi connectivity index (χ0) is 15.4. The summed E-state index contributed by atoms with van der Waals surface area (Å²) < 4.78 is 5.55. The van der Waals surface area contributed by atoms with Crippen LogP contribution < -0.4 is 11.1 Å².